The summed E-state index contributed by atoms with van der Waals surface area (Å²) in [6.07, 6.45) is 0. The molecule has 0 fully saturated rings. The normalized spacial score (nSPS) is 13.3. The van der Waals surface area contributed by atoms with Crippen LogP contribution in [0.25, 0.3) is 0 Å². The molecule has 0 heterocycles. The van der Waals surface area contributed by atoms with Crippen LogP contribution in [0.1, 0.15) is 27.7 Å². The molecule has 0 aliphatic carbocycles. The Bertz CT molecular complexity index is 289. The standard InChI is InChI=1S/C10H22O6P2/c1-5-13-17(11,14-6-2)9-10-18(12,15-7-3)16-8-4/h9-10H,5-8H2,1-4H3. The predicted molar refractivity (Wildman–Crippen MR) is 70.9 cm³/mol. The summed E-state index contributed by atoms with van der Waals surface area (Å²) in [6.45, 7) is 7.72. The minimum Gasteiger partial charge on any atom is -0.306 e. The first-order valence-corrected chi connectivity index (χ1v) is 9.15. The van der Waals surface area contributed by atoms with Gasteiger partial charge in [0.25, 0.3) is 0 Å². The maximum Gasteiger partial charge on any atom is 0.354 e. The Kier molecular flexibility index (Phi) is 9.05. The van der Waals surface area contributed by atoms with E-state index < -0.39 is 15.2 Å². The molecule has 0 saturated carbocycles. The molecule has 0 aliphatic rings. The summed E-state index contributed by atoms with van der Waals surface area (Å²) in [4.78, 5) is 0. The molecule has 0 N–H and O–H groups in total. The third-order valence-electron chi connectivity index (χ3n) is 1.67. The molecule has 0 aromatic heterocycles. The van der Waals surface area contributed by atoms with Gasteiger partial charge in [0.1, 0.15) is 0 Å². The smallest absolute Gasteiger partial charge is 0.306 e. The van der Waals surface area contributed by atoms with Crippen LogP contribution < -0.4 is 0 Å². The maximum atomic E-state index is 12.1. The molecule has 6 nitrogen and oxygen atoms in total. The van der Waals surface area contributed by atoms with Crippen molar-refractivity contribution in [3.63, 3.8) is 0 Å². The van der Waals surface area contributed by atoms with E-state index in [9.17, 15) is 9.13 Å². The molecule has 0 saturated heterocycles. The Balaban J connectivity index is 4.91. The van der Waals surface area contributed by atoms with Crippen molar-refractivity contribution in [1.29, 1.82) is 0 Å². The van der Waals surface area contributed by atoms with E-state index in [1.807, 2.05) is 0 Å². The molecule has 0 aliphatic heterocycles. The molecular formula is C10H22O6P2. The Morgan fingerprint density at radius 3 is 1.06 bits per heavy atom. The maximum absolute atomic E-state index is 12.1. The summed E-state index contributed by atoms with van der Waals surface area (Å²) in [7, 11) is -6.75. The highest BCUT2D eigenvalue weighted by atomic mass is 31.2. The van der Waals surface area contributed by atoms with Crippen molar-refractivity contribution < 1.29 is 27.2 Å². The zero-order chi connectivity index (χ0) is 14.1. The van der Waals surface area contributed by atoms with Crippen LogP contribution >= 0.6 is 15.2 Å². The van der Waals surface area contributed by atoms with E-state index in [0.29, 0.717) is 0 Å². The van der Waals surface area contributed by atoms with Crippen LogP contribution in [0.4, 0.5) is 0 Å². The number of rotatable bonds is 10. The van der Waals surface area contributed by atoms with Gasteiger partial charge in [0.2, 0.25) is 0 Å². The minimum atomic E-state index is -3.38. The van der Waals surface area contributed by atoms with Gasteiger partial charge >= 0.3 is 15.2 Å². The van der Waals surface area contributed by atoms with Crippen molar-refractivity contribution in [3.05, 3.63) is 11.6 Å². The lowest BCUT2D eigenvalue weighted by Crippen LogP contribution is -1.95. The topological polar surface area (TPSA) is 71.1 Å². The molecule has 18 heavy (non-hydrogen) atoms. The van der Waals surface area contributed by atoms with Crippen LogP contribution in [0.15, 0.2) is 11.6 Å². The third-order valence-corrected chi connectivity index (χ3v) is 5.40. The van der Waals surface area contributed by atoms with E-state index in [1.54, 1.807) is 27.7 Å². The van der Waals surface area contributed by atoms with Gasteiger partial charge in [-0.05, 0) is 27.7 Å². The van der Waals surface area contributed by atoms with Gasteiger partial charge in [0.05, 0.1) is 26.4 Å². The quantitative estimate of drug-likeness (QED) is 0.568. The van der Waals surface area contributed by atoms with Gasteiger partial charge in [-0.1, -0.05) is 0 Å². The van der Waals surface area contributed by atoms with Gasteiger partial charge in [0, 0.05) is 11.6 Å². The van der Waals surface area contributed by atoms with Crippen LogP contribution in [0.5, 0.6) is 0 Å². The van der Waals surface area contributed by atoms with Crippen molar-refractivity contribution in [2.24, 2.45) is 0 Å². The fraction of sp³-hybridized carbons (Fsp3) is 0.800. The lowest BCUT2D eigenvalue weighted by Gasteiger charge is -2.15. The van der Waals surface area contributed by atoms with Crippen molar-refractivity contribution in [2.45, 2.75) is 27.7 Å². The minimum absolute atomic E-state index is 0.231. The average molecular weight is 300 g/mol. The first-order valence-electron chi connectivity index (χ1n) is 5.93. The fourth-order valence-corrected chi connectivity index (χ4v) is 4.37. The Morgan fingerprint density at radius 1 is 0.667 bits per heavy atom. The second kappa shape index (κ2) is 9.03. The SMILES string of the molecule is CCOP(=O)(C=CP(=O)(OCC)OCC)OCC. The van der Waals surface area contributed by atoms with E-state index >= 15 is 0 Å². The van der Waals surface area contributed by atoms with E-state index in [2.05, 4.69) is 0 Å². The van der Waals surface area contributed by atoms with E-state index in [4.69, 9.17) is 18.1 Å². The molecule has 8 heteroatoms. The molecular weight excluding hydrogens is 278 g/mol. The second-order valence-corrected chi connectivity index (χ2v) is 6.84. The average Bonchev–Trinajstić information content (AvgIpc) is 2.28. The molecule has 0 atom stereocenters. The third kappa shape index (κ3) is 6.83. The highest BCUT2D eigenvalue weighted by Crippen LogP contribution is 2.56. The van der Waals surface area contributed by atoms with Gasteiger partial charge in [0.15, 0.2) is 0 Å². The first-order chi connectivity index (χ1) is 8.45. The summed E-state index contributed by atoms with van der Waals surface area (Å²) in [5.74, 6) is 2.29. The van der Waals surface area contributed by atoms with Gasteiger partial charge in [-0.25, -0.2) is 0 Å². The van der Waals surface area contributed by atoms with Crippen LogP contribution in [0.3, 0.4) is 0 Å². The zero-order valence-corrected chi connectivity index (χ0v) is 13.1. The van der Waals surface area contributed by atoms with Gasteiger partial charge in [-0.2, -0.15) is 0 Å². The Hall–Kier alpha value is 0.0400. The lowest BCUT2D eigenvalue weighted by atomic mass is 10.9. The summed E-state index contributed by atoms with van der Waals surface area (Å²) in [5.41, 5.74) is 0. The van der Waals surface area contributed by atoms with E-state index in [-0.39, 0.29) is 26.4 Å². The predicted octanol–water partition coefficient (Wildman–Crippen LogP) is 3.99. The molecule has 0 amide bonds. The molecule has 0 spiro atoms. The molecule has 0 aromatic carbocycles. The Labute approximate surface area is 109 Å². The molecule has 0 bridgehead atoms. The summed E-state index contributed by atoms with van der Waals surface area (Å²) in [6, 6.07) is 0. The van der Waals surface area contributed by atoms with Gasteiger partial charge < -0.3 is 18.1 Å². The summed E-state index contributed by atoms with van der Waals surface area (Å²) >= 11 is 0. The van der Waals surface area contributed by atoms with Crippen LogP contribution in [-0.2, 0) is 27.2 Å². The summed E-state index contributed by atoms with van der Waals surface area (Å²) < 4.78 is 44.4. The summed E-state index contributed by atoms with van der Waals surface area (Å²) in [5, 5.41) is 0. The first kappa shape index (κ1) is 18.0. The van der Waals surface area contributed by atoms with Gasteiger partial charge in [-0.15, -0.1) is 0 Å². The van der Waals surface area contributed by atoms with E-state index in [0.717, 1.165) is 11.6 Å². The lowest BCUT2D eigenvalue weighted by molar-refractivity contribution is 0.224. The molecule has 0 rings (SSSR count). The monoisotopic (exact) mass is 300 g/mol. The highest BCUT2D eigenvalue weighted by Gasteiger charge is 2.25. The zero-order valence-electron chi connectivity index (χ0n) is 11.3. The van der Waals surface area contributed by atoms with E-state index in [1.165, 1.54) is 0 Å². The molecule has 0 radical (unpaired) electrons. The number of hydrogen-bond donors (Lipinski definition) is 0. The second-order valence-electron chi connectivity index (χ2n) is 3.05. The van der Waals surface area contributed by atoms with Crippen molar-refractivity contribution in [2.75, 3.05) is 26.4 Å². The van der Waals surface area contributed by atoms with Crippen molar-refractivity contribution >= 4 is 15.2 Å². The van der Waals surface area contributed by atoms with Gasteiger partial charge in [-0.3, -0.25) is 9.13 Å². The molecule has 0 aromatic rings. The van der Waals surface area contributed by atoms with Crippen LogP contribution in [0.2, 0.25) is 0 Å². The largest absolute Gasteiger partial charge is 0.354 e. The highest BCUT2D eigenvalue weighted by molar-refractivity contribution is 7.61. The molecule has 0 unspecified atom stereocenters. The fourth-order valence-electron chi connectivity index (χ4n) is 1.13. The molecule has 108 valence electrons. The van der Waals surface area contributed by atoms with Crippen LogP contribution in [0, 0.1) is 0 Å². The van der Waals surface area contributed by atoms with Crippen molar-refractivity contribution in [3.8, 4) is 0 Å². The van der Waals surface area contributed by atoms with Crippen LogP contribution in [-0.4, -0.2) is 26.4 Å². The number of hydrogen-bond acceptors (Lipinski definition) is 6. The Morgan fingerprint density at radius 2 is 0.889 bits per heavy atom. The van der Waals surface area contributed by atoms with Crippen molar-refractivity contribution in [1.82, 2.24) is 0 Å².